The van der Waals surface area contributed by atoms with E-state index in [-0.39, 0.29) is 11.4 Å². The molecule has 0 saturated carbocycles. The molecule has 4 aromatic heterocycles. The number of pyridine rings is 2. The van der Waals surface area contributed by atoms with Crippen molar-refractivity contribution in [3.05, 3.63) is 76.6 Å². The van der Waals surface area contributed by atoms with E-state index >= 15 is 4.39 Å². The minimum absolute atomic E-state index is 0.181. The molecule has 47 heavy (non-hydrogen) atoms. The van der Waals surface area contributed by atoms with Crippen molar-refractivity contribution in [2.75, 3.05) is 11.9 Å². The van der Waals surface area contributed by atoms with E-state index < -0.39 is 29.4 Å². The van der Waals surface area contributed by atoms with E-state index in [9.17, 15) is 14.7 Å². The molecule has 6 rings (SSSR count). The van der Waals surface area contributed by atoms with E-state index in [0.717, 1.165) is 17.5 Å². The van der Waals surface area contributed by atoms with E-state index in [1.165, 1.54) is 6.07 Å². The van der Waals surface area contributed by atoms with E-state index in [0.29, 0.717) is 63.5 Å². The van der Waals surface area contributed by atoms with Crippen LogP contribution < -0.4 is 10.1 Å². The summed E-state index contributed by atoms with van der Waals surface area (Å²) in [7, 11) is 3.60. The summed E-state index contributed by atoms with van der Waals surface area (Å²) in [5.41, 5.74) is 4.73. The summed E-state index contributed by atoms with van der Waals surface area (Å²) in [6.07, 6.45) is 3.26. The molecular formula is C35H37FN6O5. The summed E-state index contributed by atoms with van der Waals surface area (Å²) in [6.45, 7) is 9.45. The van der Waals surface area contributed by atoms with Gasteiger partial charge >= 0.3 is 5.97 Å². The van der Waals surface area contributed by atoms with Gasteiger partial charge in [0.1, 0.15) is 11.3 Å². The number of carboxylic acid groups (broad SMARTS) is 1. The Hall–Kier alpha value is -5.10. The highest BCUT2D eigenvalue weighted by Gasteiger charge is 2.34. The number of benzene rings is 1. The van der Waals surface area contributed by atoms with Crippen LogP contribution in [0.15, 0.2) is 42.7 Å². The van der Waals surface area contributed by atoms with Crippen LogP contribution in [0.25, 0.3) is 33.4 Å². The number of nitrogens with zero attached hydrogens (tertiary/aromatic N) is 5. The maximum atomic E-state index is 15.7. The first-order valence-electron chi connectivity index (χ1n) is 15.4. The van der Waals surface area contributed by atoms with Crippen LogP contribution in [0.5, 0.6) is 5.75 Å². The van der Waals surface area contributed by atoms with Crippen LogP contribution >= 0.6 is 0 Å². The fourth-order valence-corrected chi connectivity index (χ4v) is 6.23. The average Bonchev–Trinajstić information content (AvgIpc) is 3.58. The normalized spacial score (nSPS) is 13.7. The van der Waals surface area contributed by atoms with Gasteiger partial charge in [0, 0.05) is 65.9 Å². The number of aromatic nitrogens is 5. The topological polar surface area (TPSA) is 133 Å². The zero-order valence-electron chi connectivity index (χ0n) is 27.4. The number of aliphatic carboxylic acids is 1. The van der Waals surface area contributed by atoms with Gasteiger partial charge in [-0.25, -0.2) is 14.2 Å². The zero-order chi connectivity index (χ0) is 33.8. The Kier molecular flexibility index (Phi) is 8.08. The lowest BCUT2D eigenvalue weighted by Gasteiger charge is -2.29. The fraction of sp³-hybridized carbons (Fsp3) is 0.343. The van der Waals surface area contributed by atoms with Crippen molar-refractivity contribution in [3.8, 4) is 28.1 Å². The molecule has 244 valence electrons. The number of rotatable bonds is 7. The van der Waals surface area contributed by atoms with Crippen LogP contribution in [0.1, 0.15) is 66.2 Å². The van der Waals surface area contributed by atoms with Crippen molar-refractivity contribution in [1.82, 2.24) is 24.3 Å². The van der Waals surface area contributed by atoms with Gasteiger partial charge in [0.15, 0.2) is 23.5 Å². The van der Waals surface area contributed by atoms with Gasteiger partial charge in [0.2, 0.25) is 0 Å². The van der Waals surface area contributed by atoms with Crippen molar-refractivity contribution >= 4 is 28.7 Å². The summed E-state index contributed by atoms with van der Waals surface area (Å²) in [5, 5.41) is 18.1. The standard InChI is InChI=1S/C35H37FN6O5/c1-18-21-9-8-14-46-30(21)24(36)16-22(18)29-23-17-26(20-10-12-37-25(15-20)33(43)39-27-11-13-41(6)40-27)42(7)32(23)38-19(2)28(29)31(34(44)45)47-35(3,4)5/h10-13,15-17,31H,8-9,14H2,1-7H3,(H,44,45)(H,39,40,43)/t31-/m0/s1. The van der Waals surface area contributed by atoms with Gasteiger partial charge in [-0.2, -0.15) is 5.10 Å². The van der Waals surface area contributed by atoms with Crippen molar-refractivity contribution < 1.29 is 28.6 Å². The van der Waals surface area contributed by atoms with Gasteiger partial charge in [-0.05, 0) is 82.9 Å². The first-order valence-corrected chi connectivity index (χ1v) is 15.4. The van der Waals surface area contributed by atoms with Gasteiger partial charge in [0.05, 0.1) is 17.9 Å². The number of anilines is 1. The van der Waals surface area contributed by atoms with E-state index in [2.05, 4.69) is 15.4 Å². The van der Waals surface area contributed by atoms with E-state index in [4.69, 9.17) is 14.5 Å². The molecular weight excluding hydrogens is 603 g/mol. The molecule has 12 heteroatoms. The van der Waals surface area contributed by atoms with Crippen LogP contribution in [0.3, 0.4) is 0 Å². The summed E-state index contributed by atoms with van der Waals surface area (Å²) in [6, 6.07) is 8.45. The Labute approximate surface area is 271 Å². The lowest BCUT2D eigenvalue weighted by Crippen LogP contribution is -2.28. The minimum atomic E-state index is -1.39. The second-order valence-electron chi connectivity index (χ2n) is 12.8. The zero-order valence-corrected chi connectivity index (χ0v) is 27.4. The quantitative estimate of drug-likeness (QED) is 0.212. The molecule has 0 radical (unpaired) electrons. The molecule has 0 spiro atoms. The van der Waals surface area contributed by atoms with Gasteiger partial charge < -0.3 is 24.5 Å². The molecule has 0 aliphatic carbocycles. The number of hydrogen-bond acceptors (Lipinski definition) is 7. The van der Waals surface area contributed by atoms with Gasteiger partial charge in [-0.3, -0.25) is 14.5 Å². The molecule has 2 N–H and O–H groups in total. The summed E-state index contributed by atoms with van der Waals surface area (Å²) >= 11 is 0. The van der Waals surface area contributed by atoms with Crippen LogP contribution in [-0.4, -0.2) is 53.5 Å². The van der Waals surface area contributed by atoms with Crippen molar-refractivity contribution in [3.63, 3.8) is 0 Å². The lowest BCUT2D eigenvalue weighted by atomic mass is 9.86. The predicted molar refractivity (Wildman–Crippen MR) is 175 cm³/mol. The third kappa shape index (κ3) is 5.96. The van der Waals surface area contributed by atoms with Crippen LogP contribution in [0.4, 0.5) is 10.2 Å². The number of aryl methyl sites for hydroxylation is 3. The SMILES string of the molecule is Cc1nc2c(cc(-c3ccnc(C(=O)Nc4ccn(C)n4)c3)n2C)c(-c2cc(F)c3c(c2C)CCCO3)c1[C@H](OC(C)(C)C)C(=O)O. The second kappa shape index (κ2) is 11.9. The third-order valence-corrected chi connectivity index (χ3v) is 8.31. The number of ether oxygens (including phenoxy) is 2. The molecule has 1 aromatic carbocycles. The molecule has 1 aliphatic heterocycles. The number of carboxylic acids is 1. The number of hydrogen-bond donors (Lipinski definition) is 2. The highest BCUT2D eigenvalue weighted by Crippen LogP contribution is 2.45. The highest BCUT2D eigenvalue weighted by molar-refractivity contribution is 6.04. The van der Waals surface area contributed by atoms with Gasteiger partial charge in [0.25, 0.3) is 5.91 Å². The number of halogens is 1. The average molecular weight is 641 g/mol. The number of amides is 1. The molecule has 5 heterocycles. The lowest BCUT2D eigenvalue weighted by molar-refractivity contribution is -0.160. The largest absolute Gasteiger partial charge is 0.490 e. The Morgan fingerprint density at radius 2 is 1.91 bits per heavy atom. The smallest absolute Gasteiger partial charge is 0.337 e. The van der Waals surface area contributed by atoms with Gasteiger partial charge in [-0.1, -0.05) is 0 Å². The number of carbonyl (C=O) groups is 2. The van der Waals surface area contributed by atoms with Crippen molar-refractivity contribution in [2.45, 2.75) is 59.2 Å². The molecule has 5 aromatic rings. The van der Waals surface area contributed by atoms with Crippen LogP contribution in [0, 0.1) is 19.7 Å². The summed E-state index contributed by atoms with van der Waals surface area (Å²) in [5.74, 6) is -1.48. The van der Waals surface area contributed by atoms with Gasteiger partial charge in [-0.15, -0.1) is 0 Å². The Morgan fingerprint density at radius 3 is 2.60 bits per heavy atom. The summed E-state index contributed by atoms with van der Waals surface area (Å²) in [4.78, 5) is 35.1. The maximum absolute atomic E-state index is 15.7. The molecule has 1 atom stereocenters. The molecule has 0 fully saturated rings. The Balaban J connectivity index is 1.59. The molecule has 11 nitrogen and oxygen atoms in total. The van der Waals surface area contributed by atoms with Crippen LogP contribution in [0.2, 0.25) is 0 Å². The summed E-state index contributed by atoms with van der Waals surface area (Å²) < 4.78 is 31.1. The van der Waals surface area contributed by atoms with Crippen molar-refractivity contribution in [2.24, 2.45) is 14.1 Å². The first-order chi connectivity index (χ1) is 22.2. The molecule has 0 bridgehead atoms. The highest BCUT2D eigenvalue weighted by atomic mass is 19.1. The fourth-order valence-electron chi connectivity index (χ4n) is 6.23. The number of fused-ring (bicyclic) bond motifs is 2. The molecule has 1 amide bonds. The number of carbonyl (C=O) groups excluding carboxylic acids is 1. The molecule has 0 unspecified atom stereocenters. The first kappa shape index (κ1) is 31.9. The maximum Gasteiger partial charge on any atom is 0.337 e. The molecule has 1 aliphatic rings. The Bertz CT molecular complexity index is 2060. The third-order valence-electron chi connectivity index (χ3n) is 8.31. The predicted octanol–water partition coefficient (Wildman–Crippen LogP) is 6.31. The Morgan fingerprint density at radius 1 is 1.15 bits per heavy atom. The van der Waals surface area contributed by atoms with Crippen molar-refractivity contribution in [1.29, 1.82) is 0 Å². The van der Waals surface area contributed by atoms with Crippen LogP contribution in [-0.2, 0) is 30.0 Å². The minimum Gasteiger partial charge on any atom is -0.490 e. The van der Waals surface area contributed by atoms with E-state index in [1.54, 1.807) is 70.0 Å². The van der Waals surface area contributed by atoms with E-state index in [1.807, 2.05) is 24.6 Å². The monoisotopic (exact) mass is 640 g/mol. The second-order valence-corrected chi connectivity index (χ2v) is 12.8. The number of nitrogens with one attached hydrogen (secondary N) is 1. The molecule has 0 saturated heterocycles.